The van der Waals surface area contributed by atoms with Crippen LogP contribution in [0.15, 0.2) is 277 Å². The van der Waals surface area contributed by atoms with Gasteiger partial charge in [-0.15, -0.1) is 0 Å². The quantitative estimate of drug-likeness (QED) is 0.0703. The van der Waals surface area contributed by atoms with E-state index in [0.29, 0.717) is 35.4 Å². The second kappa shape index (κ2) is 22.4. The first-order chi connectivity index (χ1) is 38.9. The van der Waals surface area contributed by atoms with Gasteiger partial charge in [0.15, 0.2) is 0 Å². The van der Waals surface area contributed by atoms with Gasteiger partial charge in [0.25, 0.3) is 0 Å². The fourth-order valence-corrected chi connectivity index (χ4v) is 9.85. The van der Waals surface area contributed by atoms with E-state index in [-0.39, 0.29) is 0 Å². The van der Waals surface area contributed by atoms with Gasteiger partial charge in [0.2, 0.25) is 0 Å². The summed E-state index contributed by atoms with van der Waals surface area (Å²) in [4.78, 5) is 0.609. The summed E-state index contributed by atoms with van der Waals surface area (Å²) in [6.45, 7) is 0. The molecule has 0 N–H and O–H groups in total. The Morgan fingerprint density at radius 3 is 0.500 bits per heavy atom. The van der Waals surface area contributed by atoms with Crippen molar-refractivity contribution in [2.75, 3.05) is 9.80 Å². The number of rotatable bonds is 16. The third-order valence-corrected chi connectivity index (χ3v) is 15.1. The second-order valence-electron chi connectivity index (χ2n) is 18.9. The summed E-state index contributed by atoms with van der Waals surface area (Å²) in [6, 6.07) is 78.3. The van der Waals surface area contributed by atoms with Gasteiger partial charge < -0.3 is 9.80 Å². The van der Waals surface area contributed by atoms with Gasteiger partial charge >= 0.3 is 20.4 Å². The van der Waals surface area contributed by atoms with Gasteiger partial charge in [0.1, 0.15) is 9.79 Å². The van der Waals surface area contributed by atoms with Crippen LogP contribution >= 0.6 is 20.4 Å². The molecule has 10 aromatic carbocycles. The molecule has 0 radical (unpaired) electrons. The van der Waals surface area contributed by atoms with Crippen molar-refractivity contribution in [3.63, 3.8) is 0 Å². The van der Waals surface area contributed by atoms with Crippen LogP contribution in [-0.2, 0) is 0 Å². The maximum atomic E-state index is 12.9. The molecule has 10 rings (SSSR count). The van der Waals surface area contributed by atoms with Crippen LogP contribution in [0.2, 0.25) is 0 Å². The van der Waals surface area contributed by atoms with E-state index in [1.165, 1.54) is 0 Å². The summed E-state index contributed by atoms with van der Waals surface area (Å²) in [5.41, 5.74) is 12.8. The first-order valence-electron chi connectivity index (χ1n) is 25.5. The number of hydrogen-bond donors (Lipinski definition) is 0. The van der Waals surface area contributed by atoms with Crippen molar-refractivity contribution in [2.24, 2.45) is 0 Å². The molecule has 0 saturated carbocycles. The van der Waals surface area contributed by atoms with Crippen LogP contribution in [0.5, 0.6) is 0 Å². The van der Waals surface area contributed by atoms with Crippen LogP contribution in [0, 0.1) is 0 Å². The zero-order valence-corrected chi connectivity index (χ0v) is 45.1. The lowest BCUT2D eigenvalue weighted by molar-refractivity contribution is 0.360. The highest BCUT2D eigenvalue weighted by Gasteiger charge is 2.66. The number of benzene rings is 10. The SMILES string of the molecule is FS(F)(F)(F)(F)c1ccc(/C=C/c2ccc(/C=C/c3ccc(N(c4ccccc4)c4ccccc4)cc3)cc2)cc1.FS(F)(F)(F)(F)c1ccc(/C=C/c2ccc(/C=C/c3ccc(N(c4ccccc4)c4ccccc4)cc3)cc2)cc1. The molecular formula is C68H52F10N2S2. The molecule has 416 valence electrons. The minimum absolute atomic E-state index is 0.390. The van der Waals surface area contributed by atoms with E-state index in [0.717, 1.165) is 91.8 Å². The van der Waals surface area contributed by atoms with Crippen molar-refractivity contribution in [1.29, 1.82) is 0 Å². The van der Waals surface area contributed by atoms with Crippen molar-refractivity contribution in [1.82, 2.24) is 0 Å². The van der Waals surface area contributed by atoms with E-state index < -0.39 is 30.2 Å². The molecule has 0 spiro atoms. The minimum atomic E-state index is -9.66. The van der Waals surface area contributed by atoms with Gasteiger partial charge in [0.05, 0.1) is 0 Å². The Morgan fingerprint density at radius 1 is 0.183 bits per heavy atom. The second-order valence-corrected chi connectivity index (χ2v) is 23.8. The van der Waals surface area contributed by atoms with Gasteiger partial charge in [-0.2, -0.15) is 0 Å². The van der Waals surface area contributed by atoms with Gasteiger partial charge in [-0.3, -0.25) is 0 Å². The van der Waals surface area contributed by atoms with Crippen LogP contribution in [0.1, 0.15) is 44.5 Å². The van der Waals surface area contributed by atoms with Crippen LogP contribution in [-0.4, -0.2) is 0 Å². The van der Waals surface area contributed by atoms with Crippen LogP contribution in [0.3, 0.4) is 0 Å². The Labute approximate surface area is 470 Å². The van der Waals surface area contributed by atoms with Crippen molar-refractivity contribution >= 4 is 103 Å². The standard InChI is InChI=1S/2C34H26F5NS/c2*35-41(36,37,38,39)34-25-21-30(22-26-34)18-16-28-13-11-27(12-14-28)15-17-29-19-23-33(24-20-29)40(31-7-3-1-4-8-31)32-9-5-2-6-10-32/h2*1-26H/b2*17-15+,18-16+. The molecule has 0 aliphatic heterocycles. The third-order valence-electron chi connectivity index (χ3n) is 12.8. The monoisotopic (exact) mass is 1150 g/mol. The van der Waals surface area contributed by atoms with Crippen molar-refractivity contribution in [3.05, 3.63) is 311 Å². The Morgan fingerprint density at radius 2 is 0.329 bits per heavy atom. The molecule has 0 aromatic heterocycles. The van der Waals surface area contributed by atoms with Gasteiger partial charge in [0, 0.05) is 34.1 Å². The van der Waals surface area contributed by atoms with Gasteiger partial charge in [-0.05, 0) is 142 Å². The fraction of sp³-hybridized carbons (Fsp3) is 0. The highest BCUT2D eigenvalue weighted by atomic mass is 32.5. The van der Waals surface area contributed by atoms with E-state index in [1.807, 2.05) is 146 Å². The fourth-order valence-electron chi connectivity index (χ4n) is 8.55. The summed E-state index contributed by atoms with van der Waals surface area (Å²) in [7, 11) is -19.3. The van der Waals surface area contributed by atoms with Crippen LogP contribution < -0.4 is 9.80 Å². The molecule has 0 atom stereocenters. The number of nitrogens with zero attached hydrogens (tertiary/aromatic N) is 2. The summed E-state index contributed by atoms with van der Waals surface area (Å²) in [5, 5.41) is 0. The zero-order valence-electron chi connectivity index (χ0n) is 43.5. The van der Waals surface area contributed by atoms with Crippen LogP contribution in [0.25, 0.3) is 48.6 Å². The van der Waals surface area contributed by atoms with Gasteiger partial charge in [-0.25, -0.2) is 0 Å². The summed E-state index contributed by atoms with van der Waals surface area (Å²) < 4.78 is 129. The predicted molar refractivity (Wildman–Crippen MR) is 327 cm³/mol. The highest BCUT2D eigenvalue weighted by molar-refractivity contribution is 8.46. The molecule has 2 nitrogen and oxygen atoms in total. The predicted octanol–water partition coefficient (Wildman–Crippen LogP) is 24.3. The normalized spacial score (nSPS) is 13.7. The minimum Gasteiger partial charge on any atom is -0.311 e. The molecule has 14 heteroatoms. The zero-order chi connectivity index (χ0) is 58.0. The topological polar surface area (TPSA) is 6.48 Å². The molecule has 0 amide bonds. The number of para-hydroxylation sites is 4. The lowest BCUT2D eigenvalue weighted by atomic mass is 10.1. The summed E-state index contributed by atoms with van der Waals surface area (Å²) in [6.07, 6.45) is 14.6. The van der Waals surface area contributed by atoms with E-state index in [1.54, 1.807) is 24.3 Å². The summed E-state index contributed by atoms with van der Waals surface area (Å²) in [5.74, 6) is 0. The lowest BCUT2D eigenvalue weighted by Crippen LogP contribution is -2.09. The first kappa shape index (κ1) is 57.4. The highest BCUT2D eigenvalue weighted by Crippen LogP contribution is 3.02. The largest absolute Gasteiger partial charge is 0.311 e. The average molecular weight is 1150 g/mol. The molecule has 0 heterocycles. The maximum Gasteiger partial charge on any atom is 0.310 e. The maximum absolute atomic E-state index is 12.9. The molecule has 82 heavy (non-hydrogen) atoms. The van der Waals surface area contributed by atoms with E-state index in [9.17, 15) is 38.9 Å². The van der Waals surface area contributed by atoms with E-state index in [2.05, 4.69) is 107 Å². The Kier molecular flexibility index (Phi) is 15.7. The van der Waals surface area contributed by atoms with E-state index in [4.69, 9.17) is 0 Å². The van der Waals surface area contributed by atoms with Crippen molar-refractivity contribution in [3.8, 4) is 0 Å². The Hall–Kier alpha value is -9.24. The Balaban J connectivity index is 0.000000198. The number of anilines is 6. The third kappa shape index (κ3) is 16.0. The molecule has 0 fully saturated rings. The number of hydrogen-bond acceptors (Lipinski definition) is 2. The molecule has 0 aliphatic rings. The lowest BCUT2D eigenvalue weighted by Gasteiger charge is -2.40. The molecule has 0 unspecified atom stereocenters. The van der Waals surface area contributed by atoms with Gasteiger partial charge in [-0.1, -0.05) is 257 Å². The van der Waals surface area contributed by atoms with Crippen molar-refractivity contribution in [2.45, 2.75) is 9.79 Å². The molecule has 10 aromatic rings. The summed E-state index contributed by atoms with van der Waals surface area (Å²) >= 11 is 0. The smallest absolute Gasteiger partial charge is 0.310 e. The molecular weight excluding hydrogens is 1100 g/mol. The molecule has 0 saturated heterocycles. The first-order valence-corrected chi connectivity index (χ1v) is 29.4. The van der Waals surface area contributed by atoms with Crippen molar-refractivity contribution < 1.29 is 38.9 Å². The molecule has 0 bridgehead atoms. The average Bonchev–Trinajstić information content (AvgIpc) is 3.66. The number of halogens is 10. The van der Waals surface area contributed by atoms with Crippen LogP contribution in [0.4, 0.5) is 73.0 Å². The molecule has 0 aliphatic carbocycles. The Bertz CT molecular complexity index is 3510. The van der Waals surface area contributed by atoms with E-state index >= 15 is 0 Å².